The zero-order chi connectivity index (χ0) is 22.7. The number of benzene rings is 1. The molecule has 1 aliphatic heterocycles. The van der Waals surface area contributed by atoms with Crippen LogP contribution in [0.3, 0.4) is 0 Å². The SMILES string of the molecule is CC(C)c1cc(C(=O)N2CCOC(c3cc(CCOc4ccccc4F)n(C)n3)C2)n[nH]1. The van der Waals surface area contributed by atoms with Gasteiger partial charge in [0, 0.05) is 31.4 Å². The first-order chi connectivity index (χ1) is 15.4. The molecule has 3 aromatic rings. The molecule has 1 fully saturated rings. The van der Waals surface area contributed by atoms with Gasteiger partial charge in [-0.05, 0) is 30.2 Å². The van der Waals surface area contributed by atoms with Crippen LogP contribution in [0, 0.1) is 5.82 Å². The van der Waals surface area contributed by atoms with Gasteiger partial charge >= 0.3 is 0 Å². The third kappa shape index (κ3) is 4.83. The number of morpholine rings is 1. The van der Waals surface area contributed by atoms with E-state index in [1.807, 2.05) is 33.0 Å². The summed E-state index contributed by atoms with van der Waals surface area (Å²) >= 11 is 0. The zero-order valence-electron chi connectivity index (χ0n) is 18.5. The van der Waals surface area contributed by atoms with Crippen LogP contribution in [0.25, 0.3) is 0 Å². The third-order valence-electron chi connectivity index (χ3n) is 5.57. The first kappa shape index (κ1) is 22.0. The molecule has 2 aromatic heterocycles. The lowest BCUT2D eigenvalue weighted by molar-refractivity contribution is -0.0251. The predicted molar refractivity (Wildman–Crippen MR) is 116 cm³/mol. The highest BCUT2D eigenvalue weighted by Crippen LogP contribution is 2.24. The third-order valence-corrected chi connectivity index (χ3v) is 5.57. The quantitative estimate of drug-likeness (QED) is 0.608. The summed E-state index contributed by atoms with van der Waals surface area (Å²) in [5, 5.41) is 11.7. The van der Waals surface area contributed by atoms with E-state index >= 15 is 0 Å². The molecule has 170 valence electrons. The minimum absolute atomic E-state index is 0.115. The number of hydrogen-bond donors (Lipinski definition) is 1. The largest absolute Gasteiger partial charge is 0.490 e. The molecule has 4 rings (SSSR count). The summed E-state index contributed by atoms with van der Waals surface area (Å²) in [5.41, 5.74) is 3.06. The van der Waals surface area contributed by atoms with Gasteiger partial charge in [0.15, 0.2) is 11.6 Å². The summed E-state index contributed by atoms with van der Waals surface area (Å²) in [4.78, 5) is 14.7. The maximum absolute atomic E-state index is 13.7. The van der Waals surface area contributed by atoms with Crippen molar-refractivity contribution in [3.05, 3.63) is 65.0 Å². The molecule has 0 radical (unpaired) electrons. The Morgan fingerprint density at radius 2 is 2.16 bits per heavy atom. The maximum atomic E-state index is 13.7. The molecule has 1 N–H and O–H groups in total. The van der Waals surface area contributed by atoms with Crippen molar-refractivity contribution in [1.82, 2.24) is 24.9 Å². The lowest BCUT2D eigenvalue weighted by Crippen LogP contribution is -2.42. The predicted octanol–water partition coefficient (Wildman–Crippen LogP) is 3.24. The molecular weight excluding hydrogens is 413 g/mol. The number of aromatic nitrogens is 4. The number of carbonyl (C=O) groups is 1. The van der Waals surface area contributed by atoms with Crippen molar-refractivity contribution >= 4 is 5.91 Å². The smallest absolute Gasteiger partial charge is 0.274 e. The van der Waals surface area contributed by atoms with E-state index in [0.717, 1.165) is 17.1 Å². The summed E-state index contributed by atoms with van der Waals surface area (Å²) in [6, 6.07) is 10.1. The fraction of sp³-hybridized carbons (Fsp3) is 0.435. The second kappa shape index (κ2) is 9.52. The Hall–Kier alpha value is -3.20. The van der Waals surface area contributed by atoms with Crippen LogP contribution in [0.15, 0.2) is 36.4 Å². The van der Waals surface area contributed by atoms with Gasteiger partial charge in [-0.15, -0.1) is 0 Å². The Labute approximate surface area is 186 Å². The van der Waals surface area contributed by atoms with Crippen LogP contribution >= 0.6 is 0 Å². The van der Waals surface area contributed by atoms with Crippen molar-refractivity contribution in [3.63, 3.8) is 0 Å². The number of H-pyrrole nitrogens is 1. The fourth-order valence-corrected chi connectivity index (χ4v) is 3.67. The minimum Gasteiger partial charge on any atom is -0.490 e. The number of aryl methyl sites for hydroxylation is 1. The van der Waals surface area contributed by atoms with Gasteiger partial charge in [0.2, 0.25) is 0 Å². The van der Waals surface area contributed by atoms with Crippen LogP contribution in [0.1, 0.15) is 53.4 Å². The fourth-order valence-electron chi connectivity index (χ4n) is 3.67. The second-order valence-corrected chi connectivity index (χ2v) is 8.19. The number of amides is 1. The minimum atomic E-state index is -0.379. The van der Waals surface area contributed by atoms with E-state index in [4.69, 9.17) is 9.47 Å². The first-order valence-corrected chi connectivity index (χ1v) is 10.8. The Balaban J connectivity index is 1.38. The van der Waals surface area contributed by atoms with Crippen molar-refractivity contribution in [2.75, 3.05) is 26.3 Å². The zero-order valence-corrected chi connectivity index (χ0v) is 18.5. The number of para-hydroxylation sites is 1. The number of rotatable bonds is 7. The summed E-state index contributed by atoms with van der Waals surface area (Å²) in [6.07, 6.45) is 0.252. The number of carbonyl (C=O) groups excluding carboxylic acids is 1. The highest BCUT2D eigenvalue weighted by molar-refractivity contribution is 5.92. The normalized spacial score (nSPS) is 16.5. The topological polar surface area (TPSA) is 85.3 Å². The van der Waals surface area contributed by atoms with Gasteiger partial charge < -0.3 is 14.4 Å². The molecule has 1 atom stereocenters. The van der Waals surface area contributed by atoms with Crippen LogP contribution in [0.2, 0.25) is 0 Å². The number of nitrogens with one attached hydrogen (secondary N) is 1. The van der Waals surface area contributed by atoms with Crippen LogP contribution in [-0.2, 0) is 18.2 Å². The molecule has 0 saturated carbocycles. The molecule has 1 amide bonds. The molecule has 32 heavy (non-hydrogen) atoms. The van der Waals surface area contributed by atoms with Gasteiger partial charge in [-0.2, -0.15) is 10.2 Å². The Kier molecular flexibility index (Phi) is 6.55. The lowest BCUT2D eigenvalue weighted by atomic mass is 10.1. The van der Waals surface area contributed by atoms with Crippen LogP contribution < -0.4 is 4.74 Å². The average molecular weight is 442 g/mol. The van der Waals surface area contributed by atoms with Gasteiger partial charge in [-0.25, -0.2) is 4.39 Å². The molecular formula is C23H28FN5O3. The van der Waals surface area contributed by atoms with Gasteiger partial charge in [0.1, 0.15) is 11.8 Å². The molecule has 3 heterocycles. The van der Waals surface area contributed by atoms with E-state index in [1.165, 1.54) is 6.07 Å². The molecule has 0 bridgehead atoms. The van der Waals surface area contributed by atoms with Gasteiger partial charge in [-0.1, -0.05) is 26.0 Å². The van der Waals surface area contributed by atoms with Crippen LogP contribution in [0.5, 0.6) is 5.75 Å². The average Bonchev–Trinajstić information content (AvgIpc) is 3.42. The number of hydrogen-bond acceptors (Lipinski definition) is 5. The van der Waals surface area contributed by atoms with Crippen molar-refractivity contribution < 1.29 is 18.7 Å². The van der Waals surface area contributed by atoms with E-state index in [9.17, 15) is 9.18 Å². The van der Waals surface area contributed by atoms with E-state index in [-0.39, 0.29) is 29.5 Å². The van der Waals surface area contributed by atoms with Crippen LogP contribution in [0.4, 0.5) is 4.39 Å². The molecule has 8 nitrogen and oxygen atoms in total. The molecule has 1 aliphatic rings. The van der Waals surface area contributed by atoms with Gasteiger partial charge in [-0.3, -0.25) is 14.6 Å². The monoisotopic (exact) mass is 441 g/mol. The van der Waals surface area contributed by atoms with E-state index in [2.05, 4.69) is 15.3 Å². The van der Waals surface area contributed by atoms with Gasteiger partial charge in [0.05, 0.1) is 25.5 Å². The molecule has 1 aromatic carbocycles. The Morgan fingerprint density at radius 3 is 2.91 bits per heavy atom. The van der Waals surface area contributed by atoms with Crippen molar-refractivity contribution in [2.45, 2.75) is 32.3 Å². The molecule has 0 aliphatic carbocycles. The van der Waals surface area contributed by atoms with Gasteiger partial charge in [0.25, 0.3) is 5.91 Å². The Morgan fingerprint density at radius 1 is 1.34 bits per heavy atom. The molecule has 9 heteroatoms. The van der Waals surface area contributed by atoms with E-state index < -0.39 is 0 Å². The molecule has 1 saturated heterocycles. The highest BCUT2D eigenvalue weighted by atomic mass is 19.1. The van der Waals surface area contributed by atoms with Crippen LogP contribution in [-0.4, -0.2) is 57.1 Å². The summed E-state index contributed by atoms with van der Waals surface area (Å²) in [7, 11) is 1.85. The molecule has 1 unspecified atom stereocenters. The second-order valence-electron chi connectivity index (χ2n) is 8.19. The van der Waals surface area contributed by atoms with Crippen molar-refractivity contribution in [3.8, 4) is 5.75 Å². The van der Waals surface area contributed by atoms with E-state index in [0.29, 0.717) is 38.4 Å². The standard InChI is InChI=1S/C23H28FN5O3/c1-15(2)18-13-20(26-25-18)23(30)29-9-11-32-22(14-29)19-12-16(28(3)27-19)8-10-31-21-7-5-4-6-17(21)24/h4-7,12-13,15,22H,8-11,14H2,1-3H3,(H,25,26). The first-order valence-electron chi connectivity index (χ1n) is 10.8. The number of ether oxygens (including phenoxy) is 2. The number of nitrogens with zero attached hydrogens (tertiary/aromatic N) is 4. The van der Waals surface area contributed by atoms with Crippen molar-refractivity contribution in [1.29, 1.82) is 0 Å². The number of aromatic amines is 1. The van der Waals surface area contributed by atoms with Crippen molar-refractivity contribution in [2.24, 2.45) is 7.05 Å². The molecule has 0 spiro atoms. The lowest BCUT2D eigenvalue weighted by Gasteiger charge is -2.31. The van der Waals surface area contributed by atoms with E-state index in [1.54, 1.807) is 27.8 Å². The Bertz CT molecular complexity index is 1080. The summed E-state index contributed by atoms with van der Waals surface area (Å²) in [6.45, 7) is 5.77. The highest BCUT2D eigenvalue weighted by Gasteiger charge is 2.29. The summed E-state index contributed by atoms with van der Waals surface area (Å²) < 4.78 is 26.9. The summed E-state index contributed by atoms with van der Waals surface area (Å²) in [5.74, 6) is 0.0151. The number of halogens is 1. The maximum Gasteiger partial charge on any atom is 0.274 e.